The van der Waals surface area contributed by atoms with E-state index < -0.39 is 12.6 Å². The van der Waals surface area contributed by atoms with Crippen LogP contribution < -0.4 is 9.47 Å². The van der Waals surface area contributed by atoms with Crippen molar-refractivity contribution in [2.45, 2.75) is 65.6 Å². The maximum atomic E-state index is 10.7. The van der Waals surface area contributed by atoms with Gasteiger partial charge < -0.3 is 19.4 Å². The molecule has 0 bridgehead atoms. The molecule has 0 aromatic heterocycles. The van der Waals surface area contributed by atoms with Crippen LogP contribution in [0.4, 0.5) is 0 Å². The molecule has 0 saturated carbocycles. The Morgan fingerprint density at radius 1 is 0.757 bits per heavy atom. The first-order chi connectivity index (χ1) is 17.4. The number of hydrogen-bond donors (Lipinski definition) is 1. The summed E-state index contributed by atoms with van der Waals surface area (Å²) in [5.41, 5.74) is 5.49. The van der Waals surface area contributed by atoms with E-state index in [4.69, 9.17) is 19.4 Å². The summed E-state index contributed by atoms with van der Waals surface area (Å²) in [6, 6.07) is 22.3. The molecule has 0 heterocycles. The zero-order valence-electron chi connectivity index (χ0n) is 22.6. The smallest absolute Gasteiger partial charge is 0.344 e. The Labute approximate surface area is 219 Å². The van der Waals surface area contributed by atoms with Crippen LogP contribution in [0, 0.1) is 0 Å². The van der Waals surface area contributed by atoms with Crippen LogP contribution in [0.5, 0.6) is 11.5 Å². The van der Waals surface area contributed by atoms with E-state index in [-0.39, 0.29) is 10.8 Å². The molecule has 0 unspecified atom stereocenters. The van der Waals surface area contributed by atoms with Crippen molar-refractivity contribution >= 4 is 12.2 Å². The van der Waals surface area contributed by atoms with Crippen LogP contribution in [-0.2, 0) is 33.7 Å². The second-order valence-corrected chi connectivity index (χ2v) is 11.1. The van der Waals surface area contributed by atoms with Crippen molar-refractivity contribution in [2.24, 2.45) is 5.16 Å². The van der Waals surface area contributed by atoms with Crippen molar-refractivity contribution in [3.05, 3.63) is 94.5 Å². The first-order valence-corrected chi connectivity index (χ1v) is 12.4. The van der Waals surface area contributed by atoms with E-state index in [9.17, 15) is 4.79 Å². The lowest BCUT2D eigenvalue weighted by Gasteiger charge is -2.19. The quantitative estimate of drug-likeness (QED) is 0.241. The zero-order chi connectivity index (χ0) is 27.1. The Kier molecular flexibility index (Phi) is 8.98. The summed E-state index contributed by atoms with van der Waals surface area (Å²) in [5, 5.41) is 12.5. The van der Waals surface area contributed by atoms with Crippen LogP contribution in [0.1, 0.15) is 69.4 Å². The summed E-state index contributed by atoms with van der Waals surface area (Å²) in [6.07, 6.45) is 1.44. The molecule has 0 spiro atoms. The SMILES string of the molecule is CC(C)(C)c1ccc(COc2cc(C=NOCC(=O)O)cc(OCc3ccc(C(C)(C)C)cc3)c2)cc1. The van der Waals surface area contributed by atoms with Gasteiger partial charge in [-0.3, -0.25) is 0 Å². The Morgan fingerprint density at radius 2 is 1.19 bits per heavy atom. The van der Waals surface area contributed by atoms with Crippen LogP contribution >= 0.6 is 0 Å². The minimum Gasteiger partial charge on any atom is -0.489 e. The summed E-state index contributed by atoms with van der Waals surface area (Å²) < 4.78 is 12.1. The van der Waals surface area contributed by atoms with Crippen LogP contribution in [0.25, 0.3) is 0 Å². The van der Waals surface area contributed by atoms with Crippen molar-refractivity contribution in [3.8, 4) is 11.5 Å². The van der Waals surface area contributed by atoms with Crippen molar-refractivity contribution in [1.82, 2.24) is 0 Å². The highest BCUT2D eigenvalue weighted by Crippen LogP contribution is 2.26. The number of rotatable bonds is 10. The Morgan fingerprint density at radius 3 is 1.57 bits per heavy atom. The number of aliphatic carboxylic acids is 1. The molecule has 3 aromatic rings. The zero-order valence-corrected chi connectivity index (χ0v) is 22.6. The molecule has 1 N–H and O–H groups in total. The molecular weight excluding hydrogens is 466 g/mol. The van der Waals surface area contributed by atoms with Gasteiger partial charge in [-0.15, -0.1) is 0 Å². The Bertz CT molecular complexity index is 1120. The van der Waals surface area contributed by atoms with Gasteiger partial charge in [-0.1, -0.05) is 95.2 Å². The van der Waals surface area contributed by atoms with Gasteiger partial charge >= 0.3 is 5.97 Å². The van der Waals surface area contributed by atoms with E-state index in [1.165, 1.54) is 17.3 Å². The number of carboxylic acids is 1. The minimum absolute atomic E-state index is 0.0923. The second kappa shape index (κ2) is 12.0. The lowest BCUT2D eigenvalue weighted by atomic mass is 9.87. The molecular formula is C31H37NO5. The van der Waals surface area contributed by atoms with Crippen molar-refractivity contribution in [3.63, 3.8) is 0 Å². The lowest BCUT2D eigenvalue weighted by molar-refractivity contribution is -0.142. The molecule has 0 atom stereocenters. The fraction of sp³-hybridized carbons (Fsp3) is 0.355. The van der Waals surface area contributed by atoms with Gasteiger partial charge in [0.15, 0.2) is 0 Å². The molecule has 0 aliphatic rings. The number of carbonyl (C=O) groups is 1. The van der Waals surface area contributed by atoms with Gasteiger partial charge in [0.25, 0.3) is 0 Å². The summed E-state index contributed by atoms with van der Waals surface area (Å²) in [7, 11) is 0. The molecule has 37 heavy (non-hydrogen) atoms. The summed E-state index contributed by atoms with van der Waals surface area (Å²) in [6.45, 7) is 13.4. The first-order valence-electron chi connectivity index (χ1n) is 12.4. The highest BCUT2D eigenvalue weighted by atomic mass is 16.6. The van der Waals surface area contributed by atoms with Gasteiger partial charge in [-0.2, -0.15) is 0 Å². The molecule has 196 valence electrons. The number of nitrogens with zero attached hydrogens (tertiary/aromatic N) is 1. The first kappa shape index (κ1) is 27.8. The average molecular weight is 504 g/mol. The Hall–Kier alpha value is -3.80. The monoisotopic (exact) mass is 503 g/mol. The molecule has 3 aromatic carbocycles. The van der Waals surface area contributed by atoms with Crippen molar-refractivity contribution in [2.75, 3.05) is 6.61 Å². The average Bonchev–Trinajstić information content (AvgIpc) is 2.83. The highest BCUT2D eigenvalue weighted by Gasteiger charge is 2.14. The van der Waals surface area contributed by atoms with Crippen LogP contribution in [0.15, 0.2) is 71.9 Å². The van der Waals surface area contributed by atoms with E-state index >= 15 is 0 Å². The predicted octanol–water partition coefficient (Wildman–Crippen LogP) is 6.87. The number of carboxylic acid groups (broad SMARTS) is 1. The third-order valence-corrected chi connectivity index (χ3v) is 5.82. The van der Waals surface area contributed by atoms with Crippen LogP contribution in [-0.4, -0.2) is 23.9 Å². The maximum absolute atomic E-state index is 10.7. The molecule has 0 aliphatic carbocycles. The predicted molar refractivity (Wildman–Crippen MR) is 147 cm³/mol. The topological polar surface area (TPSA) is 77.4 Å². The van der Waals surface area contributed by atoms with Crippen LogP contribution in [0.3, 0.4) is 0 Å². The molecule has 0 amide bonds. The van der Waals surface area contributed by atoms with Crippen molar-refractivity contribution < 1.29 is 24.2 Å². The number of ether oxygens (including phenoxy) is 2. The second-order valence-electron chi connectivity index (χ2n) is 11.1. The molecule has 6 nitrogen and oxygen atoms in total. The van der Waals surface area contributed by atoms with Gasteiger partial charge in [0, 0.05) is 11.6 Å². The number of oxime groups is 1. The maximum Gasteiger partial charge on any atom is 0.344 e. The van der Waals surface area contributed by atoms with Crippen LogP contribution in [0.2, 0.25) is 0 Å². The van der Waals surface area contributed by atoms with E-state index in [1.807, 2.05) is 18.2 Å². The fourth-order valence-electron chi connectivity index (χ4n) is 3.56. The van der Waals surface area contributed by atoms with Gasteiger partial charge in [0.1, 0.15) is 24.7 Å². The third kappa shape index (κ3) is 8.98. The van der Waals surface area contributed by atoms with Gasteiger partial charge in [-0.25, -0.2) is 4.79 Å². The number of benzene rings is 3. The summed E-state index contributed by atoms with van der Waals surface area (Å²) in [5.74, 6) is 0.133. The molecule has 0 fully saturated rings. The third-order valence-electron chi connectivity index (χ3n) is 5.82. The largest absolute Gasteiger partial charge is 0.489 e. The van der Waals surface area contributed by atoms with Gasteiger partial charge in [0.2, 0.25) is 6.61 Å². The molecule has 0 saturated heterocycles. The van der Waals surface area contributed by atoms with E-state index in [0.29, 0.717) is 30.3 Å². The summed E-state index contributed by atoms with van der Waals surface area (Å²) >= 11 is 0. The normalized spacial score (nSPS) is 11.9. The fourth-order valence-corrected chi connectivity index (χ4v) is 3.56. The lowest BCUT2D eigenvalue weighted by Crippen LogP contribution is -2.11. The standard InChI is InChI=1S/C31H37NO5/c1-30(2,3)25-11-7-22(8-12-25)19-35-27-15-24(18-32-37-21-29(33)34)16-28(17-27)36-20-23-9-13-26(14-10-23)31(4,5)6/h7-18H,19-21H2,1-6H3,(H,33,34). The van der Waals surface area contributed by atoms with E-state index in [2.05, 4.69) is 95.2 Å². The molecule has 6 heteroatoms. The molecule has 0 radical (unpaired) electrons. The van der Waals surface area contributed by atoms with Crippen molar-refractivity contribution in [1.29, 1.82) is 0 Å². The van der Waals surface area contributed by atoms with E-state index in [1.54, 1.807) is 0 Å². The van der Waals surface area contributed by atoms with Gasteiger partial charge in [0.05, 0.1) is 6.21 Å². The Balaban J connectivity index is 1.73. The van der Waals surface area contributed by atoms with Gasteiger partial charge in [-0.05, 0) is 45.2 Å². The number of hydrogen-bond acceptors (Lipinski definition) is 5. The highest BCUT2D eigenvalue weighted by molar-refractivity contribution is 5.80. The molecule has 0 aliphatic heterocycles. The minimum atomic E-state index is -1.09. The summed E-state index contributed by atoms with van der Waals surface area (Å²) in [4.78, 5) is 15.5. The van der Waals surface area contributed by atoms with E-state index in [0.717, 1.165) is 11.1 Å². The molecule has 3 rings (SSSR count).